The third-order valence-electron chi connectivity index (χ3n) is 2.73. The average Bonchev–Trinajstić information content (AvgIpc) is 2.35. The highest BCUT2D eigenvalue weighted by Crippen LogP contribution is 2.24. The molecule has 2 N–H and O–H groups in total. The summed E-state index contributed by atoms with van der Waals surface area (Å²) in [6.45, 7) is 3.94. The summed E-state index contributed by atoms with van der Waals surface area (Å²) >= 11 is 3.22. The quantitative estimate of drug-likeness (QED) is 0.900. The van der Waals surface area contributed by atoms with Crippen LogP contribution in [-0.4, -0.2) is 16.1 Å². The van der Waals surface area contributed by atoms with Gasteiger partial charge in [0, 0.05) is 16.4 Å². The van der Waals surface area contributed by atoms with Gasteiger partial charge in [-0.15, -0.1) is 0 Å². The van der Waals surface area contributed by atoms with Crippen LogP contribution >= 0.6 is 15.9 Å². The second-order valence-electron chi connectivity index (χ2n) is 4.30. The molecular formula is C14H13BrN2O2. The molecule has 19 heavy (non-hydrogen) atoms. The van der Waals surface area contributed by atoms with E-state index >= 15 is 0 Å². The summed E-state index contributed by atoms with van der Waals surface area (Å²) < 4.78 is 0.636. The minimum Gasteiger partial charge on any atom is -0.478 e. The first kappa shape index (κ1) is 13.5. The van der Waals surface area contributed by atoms with Gasteiger partial charge in [0.2, 0.25) is 0 Å². The van der Waals surface area contributed by atoms with Gasteiger partial charge < -0.3 is 10.4 Å². The van der Waals surface area contributed by atoms with Crippen molar-refractivity contribution in [2.45, 2.75) is 13.8 Å². The number of anilines is 2. The molecule has 0 aliphatic rings. The number of halogens is 1. The number of benzene rings is 1. The molecule has 0 aliphatic carbocycles. The van der Waals surface area contributed by atoms with Crippen LogP contribution in [0.4, 0.5) is 11.5 Å². The van der Waals surface area contributed by atoms with E-state index in [-0.39, 0.29) is 5.56 Å². The number of hydrogen-bond donors (Lipinski definition) is 2. The molecule has 2 aromatic rings. The molecule has 4 nitrogen and oxygen atoms in total. The molecule has 98 valence electrons. The van der Waals surface area contributed by atoms with E-state index in [2.05, 4.69) is 26.2 Å². The Morgan fingerprint density at radius 1 is 1.32 bits per heavy atom. The smallest absolute Gasteiger partial charge is 0.339 e. The molecule has 0 aliphatic heterocycles. The minimum atomic E-state index is -1.01. The van der Waals surface area contributed by atoms with Gasteiger partial charge in [0.15, 0.2) is 0 Å². The SMILES string of the molecule is Cc1ccc(C)c(Nc2ncc(Br)cc2C(=O)O)c1. The van der Waals surface area contributed by atoms with Crippen molar-refractivity contribution in [1.82, 2.24) is 4.98 Å². The maximum atomic E-state index is 11.2. The molecule has 1 aromatic heterocycles. The largest absolute Gasteiger partial charge is 0.478 e. The predicted octanol–water partition coefficient (Wildman–Crippen LogP) is 3.90. The van der Waals surface area contributed by atoms with E-state index in [1.807, 2.05) is 32.0 Å². The third kappa shape index (κ3) is 3.12. The molecule has 0 bridgehead atoms. The Morgan fingerprint density at radius 3 is 2.74 bits per heavy atom. The molecule has 0 unspecified atom stereocenters. The van der Waals surface area contributed by atoms with Crippen molar-refractivity contribution in [2.24, 2.45) is 0 Å². The van der Waals surface area contributed by atoms with Crippen molar-refractivity contribution in [3.05, 3.63) is 51.6 Å². The van der Waals surface area contributed by atoms with Crippen molar-refractivity contribution in [1.29, 1.82) is 0 Å². The molecule has 0 atom stereocenters. The number of carboxylic acids is 1. The van der Waals surface area contributed by atoms with Crippen molar-refractivity contribution in [3.63, 3.8) is 0 Å². The highest BCUT2D eigenvalue weighted by Gasteiger charge is 2.13. The molecule has 2 rings (SSSR count). The second-order valence-corrected chi connectivity index (χ2v) is 5.21. The van der Waals surface area contributed by atoms with E-state index in [0.29, 0.717) is 10.3 Å². The molecule has 0 radical (unpaired) electrons. The Bertz CT molecular complexity index is 641. The zero-order valence-electron chi connectivity index (χ0n) is 10.6. The van der Waals surface area contributed by atoms with Crippen LogP contribution in [0.25, 0.3) is 0 Å². The lowest BCUT2D eigenvalue weighted by Crippen LogP contribution is -2.05. The van der Waals surface area contributed by atoms with Crippen molar-refractivity contribution < 1.29 is 9.90 Å². The van der Waals surface area contributed by atoms with E-state index in [9.17, 15) is 9.90 Å². The Kier molecular flexibility index (Phi) is 3.85. The number of pyridine rings is 1. The van der Waals surface area contributed by atoms with Crippen molar-refractivity contribution in [3.8, 4) is 0 Å². The van der Waals surface area contributed by atoms with Crippen LogP contribution in [0.5, 0.6) is 0 Å². The van der Waals surface area contributed by atoms with Gasteiger partial charge in [-0.25, -0.2) is 9.78 Å². The molecule has 5 heteroatoms. The maximum absolute atomic E-state index is 11.2. The number of rotatable bonds is 3. The summed E-state index contributed by atoms with van der Waals surface area (Å²) in [4.78, 5) is 15.3. The molecule has 1 heterocycles. The van der Waals surface area contributed by atoms with Crippen LogP contribution in [0.2, 0.25) is 0 Å². The average molecular weight is 321 g/mol. The number of aromatic nitrogens is 1. The van der Waals surface area contributed by atoms with Gasteiger partial charge in [0.25, 0.3) is 0 Å². The van der Waals surface area contributed by atoms with Crippen molar-refractivity contribution >= 4 is 33.4 Å². The first-order valence-electron chi connectivity index (χ1n) is 5.70. The van der Waals surface area contributed by atoms with E-state index in [1.54, 1.807) is 6.20 Å². The zero-order valence-corrected chi connectivity index (χ0v) is 12.2. The molecular weight excluding hydrogens is 308 g/mol. The lowest BCUT2D eigenvalue weighted by molar-refractivity contribution is 0.0697. The van der Waals surface area contributed by atoms with Gasteiger partial charge in [-0.3, -0.25) is 0 Å². The van der Waals surface area contributed by atoms with E-state index < -0.39 is 5.97 Å². The topological polar surface area (TPSA) is 62.2 Å². The molecule has 0 amide bonds. The fourth-order valence-electron chi connectivity index (χ4n) is 1.70. The van der Waals surface area contributed by atoms with Crippen LogP contribution < -0.4 is 5.32 Å². The standard InChI is InChI=1S/C14H13BrN2O2/c1-8-3-4-9(2)12(5-8)17-13-11(14(18)19)6-10(15)7-16-13/h3-7H,1-2H3,(H,16,17)(H,18,19). The summed E-state index contributed by atoms with van der Waals surface area (Å²) in [6, 6.07) is 7.48. The van der Waals surface area contributed by atoms with Crippen LogP contribution in [-0.2, 0) is 0 Å². The van der Waals surface area contributed by atoms with Crippen LogP contribution in [0.1, 0.15) is 21.5 Å². The normalized spacial score (nSPS) is 10.3. The minimum absolute atomic E-state index is 0.135. The maximum Gasteiger partial charge on any atom is 0.339 e. The summed E-state index contributed by atoms with van der Waals surface area (Å²) in [5.74, 6) is -0.675. The molecule has 0 fully saturated rings. The first-order valence-corrected chi connectivity index (χ1v) is 6.50. The van der Waals surface area contributed by atoms with Gasteiger partial charge >= 0.3 is 5.97 Å². The summed E-state index contributed by atoms with van der Waals surface area (Å²) in [5.41, 5.74) is 3.13. The Balaban J connectivity index is 2.43. The number of nitrogens with zero attached hydrogens (tertiary/aromatic N) is 1. The Morgan fingerprint density at radius 2 is 2.05 bits per heavy atom. The highest BCUT2D eigenvalue weighted by molar-refractivity contribution is 9.10. The summed E-state index contributed by atoms with van der Waals surface area (Å²) in [7, 11) is 0. The molecule has 0 saturated heterocycles. The first-order chi connectivity index (χ1) is 8.97. The Labute approximate surface area is 119 Å². The van der Waals surface area contributed by atoms with Crippen LogP contribution in [0, 0.1) is 13.8 Å². The molecule has 0 spiro atoms. The fourth-order valence-corrected chi connectivity index (χ4v) is 2.03. The number of aromatic carboxylic acids is 1. The van der Waals surface area contributed by atoms with Gasteiger partial charge in [0.1, 0.15) is 11.4 Å². The number of aryl methyl sites for hydroxylation is 2. The van der Waals surface area contributed by atoms with Gasteiger partial charge in [-0.2, -0.15) is 0 Å². The van der Waals surface area contributed by atoms with E-state index in [1.165, 1.54) is 6.07 Å². The van der Waals surface area contributed by atoms with E-state index in [4.69, 9.17) is 0 Å². The van der Waals surface area contributed by atoms with Gasteiger partial charge in [-0.1, -0.05) is 12.1 Å². The monoisotopic (exact) mass is 320 g/mol. The lowest BCUT2D eigenvalue weighted by Gasteiger charge is -2.12. The number of hydrogen-bond acceptors (Lipinski definition) is 3. The summed E-state index contributed by atoms with van der Waals surface area (Å²) in [6.07, 6.45) is 1.57. The zero-order chi connectivity index (χ0) is 14.0. The number of nitrogens with one attached hydrogen (secondary N) is 1. The number of carbonyl (C=O) groups is 1. The number of carboxylic acid groups (broad SMARTS) is 1. The molecule has 1 aromatic carbocycles. The Hall–Kier alpha value is -1.88. The predicted molar refractivity (Wildman–Crippen MR) is 78.1 cm³/mol. The fraction of sp³-hybridized carbons (Fsp3) is 0.143. The van der Waals surface area contributed by atoms with Crippen LogP contribution in [0.3, 0.4) is 0 Å². The van der Waals surface area contributed by atoms with E-state index in [0.717, 1.165) is 16.8 Å². The molecule has 0 saturated carbocycles. The van der Waals surface area contributed by atoms with Gasteiger partial charge in [0.05, 0.1) is 0 Å². The van der Waals surface area contributed by atoms with Crippen molar-refractivity contribution in [2.75, 3.05) is 5.32 Å². The highest BCUT2D eigenvalue weighted by atomic mass is 79.9. The van der Waals surface area contributed by atoms with Gasteiger partial charge in [-0.05, 0) is 53.0 Å². The van der Waals surface area contributed by atoms with Crippen LogP contribution in [0.15, 0.2) is 34.9 Å². The second kappa shape index (κ2) is 5.40. The summed E-state index contributed by atoms with van der Waals surface area (Å²) in [5, 5.41) is 12.3. The third-order valence-corrected chi connectivity index (χ3v) is 3.16. The lowest BCUT2D eigenvalue weighted by atomic mass is 10.1.